The fourth-order valence-corrected chi connectivity index (χ4v) is 3.80. The number of rotatable bonds is 3. The monoisotopic (exact) mass is 312 g/mol. The van der Waals surface area contributed by atoms with Gasteiger partial charge in [0.25, 0.3) is 0 Å². The average molecular weight is 313 g/mol. The maximum absolute atomic E-state index is 11.7. The molecule has 0 bridgehead atoms. The summed E-state index contributed by atoms with van der Waals surface area (Å²) in [4.78, 5) is 0. The highest BCUT2D eigenvalue weighted by Gasteiger charge is 2.29. The standard InChI is InChI=1S/C13H13ClN2O3S/c14-11-4-2-10(3-5-11)13-8-12(19-15-13)9-16-6-1-7-20(16,17)18/h2-5,8H,1,6-7,9H2. The van der Waals surface area contributed by atoms with Gasteiger partial charge >= 0.3 is 0 Å². The van der Waals surface area contributed by atoms with E-state index in [9.17, 15) is 8.42 Å². The quantitative estimate of drug-likeness (QED) is 0.873. The summed E-state index contributed by atoms with van der Waals surface area (Å²) in [6, 6.07) is 9.00. The highest BCUT2D eigenvalue weighted by molar-refractivity contribution is 7.89. The molecule has 1 fully saturated rings. The summed E-state index contributed by atoms with van der Waals surface area (Å²) in [6.45, 7) is 0.780. The molecule has 0 amide bonds. The summed E-state index contributed by atoms with van der Waals surface area (Å²) >= 11 is 5.83. The summed E-state index contributed by atoms with van der Waals surface area (Å²) < 4.78 is 30.1. The zero-order valence-corrected chi connectivity index (χ0v) is 12.2. The number of nitrogens with zero attached hydrogens (tertiary/aromatic N) is 2. The Kier molecular flexibility index (Phi) is 3.54. The minimum absolute atomic E-state index is 0.213. The van der Waals surface area contributed by atoms with Crippen LogP contribution in [0.2, 0.25) is 5.02 Å². The first-order chi connectivity index (χ1) is 9.54. The topological polar surface area (TPSA) is 63.4 Å². The van der Waals surface area contributed by atoms with E-state index in [0.29, 0.717) is 29.4 Å². The minimum atomic E-state index is -3.12. The molecule has 0 aliphatic carbocycles. The van der Waals surface area contributed by atoms with Gasteiger partial charge in [-0.25, -0.2) is 8.42 Å². The molecule has 106 valence electrons. The summed E-state index contributed by atoms with van der Waals surface area (Å²) in [6.07, 6.45) is 0.667. The molecular formula is C13H13ClN2O3S. The van der Waals surface area contributed by atoms with Crippen LogP contribution in [-0.4, -0.2) is 30.2 Å². The summed E-state index contributed by atoms with van der Waals surface area (Å²) in [5.41, 5.74) is 1.56. The number of sulfonamides is 1. The van der Waals surface area contributed by atoms with Crippen molar-refractivity contribution in [3.63, 3.8) is 0 Å². The minimum Gasteiger partial charge on any atom is -0.359 e. The van der Waals surface area contributed by atoms with Crippen LogP contribution in [0.4, 0.5) is 0 Å². The lowest BCUT2D eigenvalue weighted by Crippen LogP contribution is -2.24. The van der Waals surface area contributed by atoms with Crippen molar-refractivity contribution in [2.24, 2.45) is 0 Å². The molecule has 0 N–H and O–H groups in total. The first-order valence-corrected chi connectivity index (χ1v) is 8.23. The largest absolute Gasteiger partial charge is 0.359 e. The SMILES string of the molecule is O=S1(=O)CCCN1Cc1cc(-c2ccc(Cl)cc2)no1. The Morgan fingerprint density at radius 3 is 2.70 bits per heavy atom. The van der Waals surface area contributed by atoms with Gasteiger partial charge in [-0.3, -0.25) is 0 Å². The molecule has 7 heteroatoms. The molecule has 2 aromatic rings. The van der Waals surface area contributed by atoms with Crippen molar-refractivity contribution in [3.8, 4) is 11.3 Å². The smallest absolute Gasteiger partial charge is 0.214 e. The van der Waals surface area contributed by atoms with Crippen molar-refractivity contribution >= 4 is 21.6 Å². The number of aromatic nitrogens is 1. The lowest BCUT2D eigenvalue weighted by Gasteiger charge is -2.10. The van der Waals surface area contributed by atoms with Gasteiger partial charge in [-0.05, 0) is 18.6 Å². The number of halogens is 1. The predicted octanol–water partition coefficient (Wildman–Crippen LogP) is 2.53. The normalized spacial score (nSPS) is 18.4. The van der Waals surface area contributed by atoms with Crippen molar-refractivity contribution in [2.75, 3.05) is 12.3 Å². The molecule has 1 aliphatic heterocycles. The highest BCUT2D eigenvalue weighted by atomic mass is 35.5. The fourth-order valence-electron chi connectivity index (χ4n) is 2.19. The van der Waals surface area contributed by atoms with Crippen molar-refractivity contribution in [2.45, 2.75) is 13.0 Å². The molecule has 0 spiro atoms. The molecule has 1 saturated heterocycles. The van der Waals surface area contributed by atoms with Gasteiger partial charge in [-0.15, -0.1) is 0 Å². The first kappa shape index (κ1) is 13.6. The molecule has 0 atom stereocenters. The van der Waals surface area contributed by atoms with Gasteiger partial charge in [0, 0.05) is 23.2 Å². The van der Waals surface area contributed by atoms with Crippen LogP contribution in [0.5, 0.6) is 0 Å². The Morgan fingerprint density at radius 1 is 1.30 bits per heavy atom. The van der Waals surface area contributed by atoms with Gasteiger partial charge in [-0.1, -0.05) is 28.9 Å². The fraction of sp³-hybridized carbons (Fsp3) is 0.308. The molecule has 0 radical (unpaired) electrons. The van der Waals surface area contributed by atoms with E-state index in [-0.39, 0.29) is 12.3 Å². The maximum Gasteiger partial charge on any atom is 0.214 e. The summed E-state index contributed by atoms with van der Waals surface area (Å²) in [5, 5.41) is 4.62. The van der Waals surface area contributed by atoms with E-state index < -0.39 is 10.0 Å². The second-order valence-electron chi connectivity index (χ2n) is 4.69. The Hall–Kier alpha value is -1.37. The van der Waals surface area contributed by atoms with Crippen LogP contribution in [0, 0.1) is 0 Å². The van der Waals surface area contributed by atoms with E-state index in [4.69, 9.17) is 16.1 Å². The Bertz CT molecular complexity index is 709. The van der Waals surface area contributed by atoms with Crippen LogP contribution >= 0.6 is 11.6 Å². The third-order valence-electron chi connectivity index (χ3n) is 3.23. The van der Waals surface area contributed by atoms with Crippen LogP contribution in [0.25, 0.3) is 11.3 Å². The first-order valence-electron chi connectivity index (χ1n) is 6.24. The predicted molar refractivity (Wildman–Crippen MR) is 75.8 cm³/mol. The number of hydrogen-bond donors (Lipinski definition) is 0. The van der Waals surface area contributed by atoms with Gasteiger partial charge in [0.05, 0.1) is 12.3 Å². The maximum atomic E-state index is 11.7. The van der Waals surface area contributed by atoms with Crippen LogP contribution in [0.15, 0.2) is 34.9 Å². The molecule has 1 aliphatic rings. The number of benzene rings is 1. The lowest BCUT2D eigenvalue weighted by molar-refractivity contribution is 0.333. The molecular weight excluding hydrogens is 300 g/mol. The van der Waals surface area contributed by atoms with Crippen molar-refractivity contribution < 1.29 is 12.9 Å². The van der Waals surface area contributed by atoms with Crippen LogP contribution in [-0.2, 0) is 16.6 Å². The molecule has 0 saturated carbocycles. The van der Waals surface area contributed by atoms with Crippen molar-refractivity contribution in [3.05, 3.63) is 41.1 Å². The van der Waals surface area contributed by atoms with Gasteiger partial charge in [0.1, 0.15) is 5.69 Å². The third kappa shape index (κ3) is 2.72. The van der Waals surface area contributed by atoms with Gasteiger partial charge in [-0.2, -0.15) is 4.31 Å². The molecule has 20 heavy (non-hydrogen) atoms. The Labute approximate surface area is 122 Å². The van der Waals surface area contributed by atoms with E-state index in [1.54, 1.807) is 18.2 Å². The zero-order valence-electron chi connectivity index (χ0n) is 10.6. The highest BCUT2D eigenvalue weighted by Crippen LogP contribution is 2.23. The van der Waals surface area contributed by atoms with E-state index in [0.717, 1.165) is 5.56 Å². The van der Waals surface area contributed by atoms with Crippen molar-refractivity contribution in [1.82, 2.24) is 9.46 Å². The average Bonchev–Trinajstić information content (AvgIpc) is 2.99. The third-order valence-corrected chi connectivity index (χ3v) is 5.39. The van der Waals surface area contributed by atoms with E-state index in [1.165, 1.54) is 4.31 Å². The molecule has 5 nitrogen and oxygen atoms in total. The molecule has 1 aromatic carbocycles. The van der Waals surface area contributed by atoms with Crippen molar-refractivity contribution in [1.29, 1.82) is 0 Å². The molecule has 3 rings (SSSR count). The summed E-state index contributed by atoms with van der Waals surface area (Å²) in [5.74, 6) is 0.756. The van der Waals surface area contributed by atoms with Crippen LogP contribution in [0.1, 0.15) is 12.2 Å². The van der Waals surface area contributed by atoms with Gasteiger partial charge in [0.15, 0.2) is 5.76 Å². The van der Waals surface area contributed by atoms with E-state index >= 15 is 0 Å². The van der Waals surface area contributed by atoms with Crippen LogP contribution < -0.4 is 0 Å². The Morgan fingerprint density at radius 2 is 2.05 bits per heavy atom. The molecule has 2 heterocycles. The Balaban J connectivity index is 1.79. The van der Waals surface area contributed by atoms with Gasteiger partial charge in [0.2, 0.25) is 10.0 Å². The number of hydrogen-bond acceptors (Lipinski definition) is 4. The molecule has 0 unspecified atom stereocenters. The van der Waals surface area contributed by atoms with Gasteiger partial charge < -0.3 is 4.52 Å². The van der Waals surface area contributed by atoms with Crippen LogP contribution in [0.3, 0.4) is 0 Å². The zero-order chi connectivity index (χ0) is 14.2. The van der Waals surface area contributed by atoms with E-state index in [1.807, 2.05) is 12.1 Å². The molecule has 1 aromatic heterocycles. The lowest BCUT2D eigenvalue weighted by atomic mass is 10.1. The second-order valence-corrected chi connectivity index (χ2v) is 7.21. The second kappa shape index (κ2) is 5.20. The summed E-state index contributed by atoms with van der Waals surface area (Å²) in [7, 11) is -3.12. The van der Waals surface area contributed by atoms with E-state index in [2.05, 4.69) is 5.16 Å².